The van der Waals surface area contributed by atoms with Gasteiger partial charge in [0.1, 0.15) is 6.04 Å². The summed E-state index contributed by atoms with van der Waals surface area (Å²) in [5, 5.41) is 14.1. The standard InChI is InChI=1S/C29H28N4O5S/c1-4-37-27-16-22(9-11-26(27)38-19(2)3)28(32-24-10-8-23-18-31-13-12-21(23)15-24)29(34)33-39(35,36)25-7-5-6-20(14-25)17-30/h5-16,18-19,28,32H,4H2,1-3H3,(H,33,34). The SMILES string of the molecule is CCOc1cc(C(Nc2ccc3cnccc3c2)C(=O)NS(=O)(=O)c2cccc(C#N)c2)ccc1OC(C)C. The molecule has 0 bridgehead atoms. The van der Waals surface area contributed by atoms with Crippen LogP contribution in [0.1, 0.15) is 37.9 Å². The molecule has 200 valence electrons. The van der Waals surface area contributed by atoms with E-state index in [-0.39, 0.29) is 16.6 Å². The van der Waals surface area contributed by atoms with E-state index in [1.807, 2.05) is 45.0 Å². The molecule has 0 aliphatic heterocycles. The van der Waals surface area contributed by atoms with Crippen LogP contribution in [0, 0.1) is 11.3 Å². The Hall–Kier alpha value is -4.62. The summed E-state index contributed by atoms with van der Waals surface area (Å²) in [6.45, 7) is 5.98. The van der Waals surface area contributed by atoms with Crippen molar-refractivity contribution in [1.82, 2.24) is 9.71 Å². The molecule has 1 heterocycles. The first-order chi connectivity index (χ1) is 18.7. The summed E-state index contributed by atoms with van der Waals surface area (Å²) >= 11 is 0. The molecule has 0 fully saturated rings. The number of fused-ring (bicyclic) bond motifs is 1. The molecule has 0 saturated heterocycles. The number of nitrogens with zero attached hydrogens (tertiary/aromatic N) is 2. The van der Waals surface area contributed by atoms with Crippen LogP contribution in [0.4, 0.5) is 5.69 Å². The van der Waals surface area contributed by atoms with E-state index in [9.17, 15) is 13.2 Å². The number of rotatable bonds is 10. The molecule has 4 aromatic rings. The van der Waals surface area contributed by atoms with Crippen LogP contribution in [-0.4, -0.2) is 32.0 Å². The third-order valence-corrected chi connectivity index (χ3v) is 7.03. The predicted molar refractivity (Wildman–Crippen MR) is 148 cm³/mol. The Kier molecular flexibility index (Phi) is 8.32. The summed E-state index contributed by atoms with van der Waals surface area (Å²) in [7, 11) is -4.27. The number of nitrogens with one attached hydrogen (secondary N) is 2. The van der Waals surface area contributed by atoms with Crippen LogP contribution in [0.3, 0.4) is 0 Å². The zero-order chi connectivity index (χ0) is 28.0. The average Bonchev–Trinajstić information content (AvgIpc) is 2.92. The van der Waals surface area contributed by atoms with Crippen LogP contribution in [0.15, 0.2) is 84.0 Å². The van der Waals surface area contributed by atoms with Crippen molar-refractivity contribution >= 4 is 32.4 Å². The molecule has 0 aliphatic carbocycles. The van der Waals surface area contributed by atoms with Crippen LogP contribution in [0.5, 0.6) is 11.5 Å². The number of carbonyl (C=O) groups is 1. The monoisotopic (exact) mass is 544 g/mol. The Labute approximate surface area is 227 Å². The van der Waals surface area contributed by atoms with Gasteiger partial charge in [0, 0.05) is 23.5 Å². The van der Waals surface area contributed by atoms with Gasteiger partial charge in [-0.05, 0) is 80.3 Å². The maximum atomic E-state index is 13.6. The third kappa shape index (κ3) is 6.64. The topological polar surface area (TPSA) is 130 Å². The van der Waals surface area contributed by atoms with Crippen molar-refractivity contribution in [3.8, 4) is 17.6 Å². The van der Waals surface area contributed by atoms with Crippen molar-refractivity contribution in [1.29, 1.82) is 5.26 Å². The van der Waals surface area contributed by atoms with Gasteiger partial charge in [-0.15, -0.1) is 0 Å². The average molecular weight is 545 g/mol. The molecule has 0 aliphatic rings. The number of anilines is 1. The summed E-state index contributed by atoms with van der Waals surface area (Å²) in [6.07, 6.45) is 3.29. The zero-order valence-electron chi connectivity index (χ0n) is 21.7. The van der Waals surface area contributed by atoms with Gasteiger partial charge >= 0.3 is 0 Å². The Bertz CT molecular complexity index is 1650. The van der Waals surface area contributed by atoms with Crippen LogP contribution in [0.25, 0.3) is 10.8 Å². The minimum Gasteiger partial charge on any atom is -0.490 e. The Morgan fingerprint density at radius 3 is 2.59 bits per heavy atom. The fraction of sp³-hybridized carbons (Fsp3) is 0.207. The number of ether oxygens (including phenoxy) is 2. The Balaban J connectivity index is 1.73. The highest BCUT2D eigenvalue weighted by Gasteiger charge is 2.27. The van der Waals surface area contributed by atoms with Gasteiger partial charge in [-0.25, -0.2) is 13.1 Å². The minimum atomic E-state index is -4.27. The van der Waals surface area contributed by atoms with Gasteiger partial charge in [-0.2, -0.15) is 5.26 Å². The van der Waals surface area contributed by atoms with Crippen molar-refractivity contribution in [2.45, 2.75) is 37.8 Å². The molecule has 1 atom stereocenters. The molecule has 1 unspecified atom stereocenters. The van der Waals surface area contributed by atoms with E-state index in [4.69, 9.17) is 14.7 Å². The largest absolute Gasteiger partial charge is 0.490 e. The number of carbonyl (C=O) groups excluding carboxylic acids is 1. The van der Waals surface area contributed by atoms with Gasteiger partial charge in [0.25, 0.3) is 15.9 Å². The molecule has 9 nitrogen and oxygen atoms in total. The second-order valence-corrected chi connectivity index (χ2v) is 10.6. The van der Waals surface area contributed by atoms with Crippen molar-refractivity contribution in [3.05, 3.63) is 90.3 Å². The minimum absolute atomic E-state index is 0.103. The fourth-order valence-electron chi connectivity index (χ4n) is 3.95. The van der Waals surface area contributed by atoms with Gasteiger partial charge in [-0.1, -0.05) is 18.2 Å². The van der Waals surface area contributed by atoms with Gasteiger partial charge in [0.15, 0.2) is 11.5 Å². The lowest BCUT2D eigenvalue weighted by Crippen LogP contribution is -2.37. The van der Waals surface area contributed by atoms with E-state index in [1.54, 1.807) is 36.7 Å². The number of sulfonamides is 1. The van der Waals surface area contributed by atoms with E-state index in [0.29, 0.717) is 29.4 Å². The number of benzene rings is 3. The van der Waals surface area contributed by atoms with Crippen molar-refractivity contribution in [2.24, 2.45) is 0 Å². The molecule has 2 N–H and O–H groups in total. The summed E-state index contributed by atoms with van der Waals surface area (Å²) in [4.78, 5) is 17.5. The van der Waals surface area contributed by atoms with E-state index in [2.05, 4.69) is 15.0 Å². The lowest BCUT2D eigenvalue weighted by atomic mass is 10.0. The Morgan fingerprint density at radius 2 is 1.85 bits per heavy atom. The molecule has 0 spiro atoms. The summed E-state index contributed by atoms with van der Waals surface area (Å²) in [5.74, 6) is 0.124. The van der Waals surface area contributed by atoms with Crippen molar-refractivity contribution in [2.75, 3.05) is 11.9 Å². The van der Waals surface area contributed by atoms with Crippen LogP contribution >= 0.6 is 0 Å². The first-order valence-electron chi connectivity index (χ1n) is 12.3. The number of hydrogen-bond acceptors (Lipinski definition) is 8. The maximum Gasteiger partial charge on any atom is 0.264 e. The highest BCUT2D eigenvalue weighted by atomic mass is 32.2. The second-order valence-electron chi connectivity index (χ2n) is 8.93. The highest BCUT2D eigenvalue weighted by Crippen LogP contribution is 2.33. The van der Waals surface area contributed by atoms with Gasteiger partial charge in [0.2, 0.25) is 0 Å². The van der Waals surface area contributed by atoms with Crippen molar-refractivity contribution < 1.29 is 22.7 Å². The molecular formula is C29H28N4O5S. The maximum absolute atomic E-state index is 13.6. The smallest absolute Gasteiger partial charge is 0.264 e. The molecule has 10 heteroatoms. The molecule has 4 rings (SSSR count). The Morgan fingerprint density at radius 1 is 1.03 bits per heavy atom. The number of hydrogen-bond donors (Lipinski definition) is 2. The van der Waals surface area contributed by atoms with Gasteiger partial charge < -0.3 is 14.8 Å². The van der Waals surface area contributed by atoms with Crippen LogP contribution in [-0.2, 0) is 14.8 Å². The number of aromatic nitrogens is 1. The molecule has 0 saturated carbocycles. The molecular weight excluding hydrogens is 516 g/mol. The zero-order valence-corrected chi connectivity index (χ0v) is 22.5. The highest BCUT2D eigenvalue weighted by molar-refractivity contribution is 7.90. The summed E-state index contributed by atoms with van der Waals surface area (Å²) in [5.41, 5.74) is 1.22. The molecule has 1 aromatic heterocycles. The van der Waals surface area contributed by atoms with Gasteiger partial charge in [-0.3, -0.25) is 9.78 Å². The number of nitriles is 1. The van der Waals surface area contributed by atoms with Crippen LogP contribution < -0.4 is 19.5 Å². The first-order valence-corrected chi connectivity index (χ1v) is 13.8. The van der Waals surface area contributed by atoms with E-state index in [1.165, 1.54) is 24.3 Å². The van der Waals surface area contributed by atoms with Crippen molar-refractivity contribution in [3.63, 3.8) is 0 Å². The van der Waals surface area contributed by atoms with E-state index >= 15 is 0 Å². The summed E-state index contributed by atoms with van der Waals surface area (Å²) in [6, 6.07) is 18.6. The van der Waals surface area contributed by atoms with Gasteiger partial charge in [0.05, 0.1) is 29.2 Å². The second kappa shape index (κ2) is 11.8. The van der Waals surface area contributed by atoms with E-state index in [0.717, 1.165) is 10.8 Å². The predicted octanol–water partition coefficient (Wildman–Crippen LogP) is 4.95. The number of amides is 1. The fourth-order valence-corrected chi connectivity index (χ4v) is 4.99. The quantitative estimate of drug-likeness (QED) is 0.287. The molecule has 3 aromatic carbocycles. The summed E-state index contributed by atoms with van der Waals surface area (Å²) < 4.78 is 40.0. The molecule has 39 heavy (non-hydrogen) atoms. The third-order valence-electron chi connectivity index (χ3n) is 5.69. The van der Waals surface area contributed by atoms with E-state index < -0.39 is 22.0 Å². The van der Waals surface area contributed by atoms with Crippen LogP contribution in [0.2, 0.25) is 0 Å². The lowest BCUT2D eigenvalue weighted by Gasteiger charge is -2.22. The normalized spacial score (nSPS) is 12.0. The first kappa shape index (κ1) is 27.4. The molecule has 0 radical (unpaired) electrons. The molecule has 1 amide bonds. The lowest BCUT2D eigenvalue weighted by molar-refractivity contribution is -0.120. The number of pyridine rings is 1.